The van der Waals surface area contributed by atoms with Gasteiger partial charge in [-0.25, -0.2) is 4.68 Å². The normalized spacial score (nSPS) is 15.0. The van der Waals surface area contributed by atoms with Crippen molar-refractivity contribution in [2.24, 2.45) is 0 Å². The first-order valence-electron chi connectivity index (χ1n) is 15.6. The summed E-state index contributed by atoms with van der Waals surface area (Å²) in [5.41, 5.74) is 11.1. The van der Waals surface area contributed by atoms with Crippen LogP contribution in [0.2, 0.25) is 35.7 Å². The second-order valence-electron chi connectivity index (χ2n) is 14.1. The second-order valence-corrected chi connectivity index (χ2v) is 20.6. The number of aromatic amines is 1. The molecular weight excluding hydrogens is 625 g/mol. The van der Waals surface area contributed by atoms with E-state index >= 15 is 0 Å². The Labute approximate surface area is 277 Å². The smallest absolute Gasteiger partial charge is 0.139 e. The number of nitrogens with one attached hydrogen (secondary N) is 1. The Bertz CT molecular complexity index is 1600. The lowest BCUT2D eigenvalue weighted by Crippen LogP contribution is -2.22. The zero-order valence-corrected chi connectivity index (χ0v) is 29.6. The third-order valence-corrected chi connectivity index (χ3v) is 9.68. The summed E-state index contributed by atoms with van der Waals surface area (Å²) in [6.07, 6.45) is 8.80. The van der Waals surface area contributed by atoms with Crippen LogP contribution in [0.4, 0.5) is 5.69 Å². The van der Waals surface area contributed by atoms with E-state index in [-0.39, 0.29) is 5.41 Å². The molecule has 2 aromatic carbocycles. The minimum Gasteiger partial charge on any atom is -0.490 e. The Kier molecular flexibility index (Phi) is 10.2. The molecule has 0 amide bonds. The van der Waals surface area contributed by atoms with Gasteiger partial charge in [0.25, 0.3) is 0 Å². The van der Waals surface area contributed by atoms with Gasteiger partial charge in [-0.1, -0.05) is 63.6 Å². The Balaban J connectivity index is 0.000000200. The van der Waals surface area contributed by atoms with E-state index in [0.29, 0.717) is 34.7 Å². The van der Waals surface area contributed by atoms with Crippen molar-refractivity contribution in [2.45, 2.75) is 96.5 Å². The lowest BCUT2D eigenvalue weighted by atomic mass is 9.85. The summed E-state index contributed by atoms with van der Waals surface area (Å²) in [7, 11) is -1.09. The highest BCUT2D eigenvalue weighted by molar-refractivity contribution is 6.76. The Morgan fingerprint density at radius 3 is 2.02 bits per heavy atom. The van der Waals surface area contributed by atoms with Crippen molar-refractivity contribution < 1.29 is 14.2 Å². The fourth-order valence-electron chi connectivity index (χ4n) is 4.60. The molecule has 2 aromatic heterocycles. The molecule has 2 aliphatic rings. The molecule has 2 saturated carbocycles. The molecule has 0 atom stereocenters. The fraction of sp³-hybridized carbons (Fsp3) is 0.471. The summed E-state index contributed by atoms with van der Waals surface area (Å²) in [5.74, 6) is 1.66. The molecule has 0 spiro atoms. The number of benzene rings is 2. The summed E-state index contributed by atoms with van der Waals surface area (Å²) in [6.45, 7) is 14.9. The number of anilines is 1. The van der Waals surface area contributed by atoms with Crippen molar-refractivity contribution >= 4 is 37.0 Å². The number of rotatable bonds is 11. The van der Waals surface area contributed by atoms with E-state index in [1.165, 1.54) is 5.56 Å². The topological polar surface area (TPSA) is 100 Å². The number of nitrogens with zero attached hydrogens (tertiary/aromatic N) is 3. The molecule has 0 unspecified atom stereocenters. The minimum absolute atomic E-state index is 0.0505. The highest BCUT2D eigenvalue weighted by Gasteiger charge is 2.29. The number of nitrogens with two attached hydrogens (primary N) is 1. The largest absolute Gasteiger partial charge is 0.490 e. The zero-order valence-electron chi connectivity index (χ0n) is 27.1. The van der Waals surface area contributed by atoms with Gasteiger partial charge < -0.3 is 19.9 Å². The predicted octanol–water partition coefficient (Wildman–Crippen LogP) is 9.21. The quantitative estimate of drug-likeness (QED) is 0.122. The van der Waals surface area contributed by atoms with Gasteiger partial charge in [-0.2, -0.15) is 10.2 Å². The van der Waals surface area contributed by atoms with Crippen molar-refractivity contribution in [1.82, 2.24) is 20.0 Å². The molecule has 8 nitrogen and oxygen atoms in total. The number of halogens is 2. The van der Waals surface area contributed by atoms with E-state index in [4.69, 9.17) is 48.2 Å². The average molecular weight is 671 g/mol. The van der Waals surface area contributed by atoms with Crippen LogP contribution in [0, 0.1) is 0 Å². The summed E-state index contributed by atoms with van der Waals surface area (Å²) in [4.78, 5) is 0. The third kappa shape index (κ3) is 9.51. The first kappa shape index (κ1) is 33.4. The van der Waals surface area contributed by atoms with Crippen molar-refractivity contribution in [2.75, 3.05) is 12.3 Å². The van der Waals surface area contributed by atoms with Gasteiger partial charge in [0.15, 0.2) is 0 Å². The van der Waals surface area contributed by atoms with Crippen LogP contribution in [-0.4, -0.2) is 46.9 Å². The molecule has 4 aromatic rings. The zero-order chi connectivity index (χ0) is 32.4. The Morgan fingerprint density at radius 2 is 1.51 bits per heavy atom. The van der Waals surface area contributed by atoms with Crippen LogP contribution < -0.4 is 15.2 Å². The molecule has 242 valence electrons. The van der Waals surface area contributed by atoms with Gasteiger partial charge in [0.2, 0.25) is 0 Å². The summed E-state index contributed by atoms with van der Waals surface area (Å²) >= 11 is 12.3. The van der Waals surface area contributed by atoms with Gasteiger partial charge in [0.1, 0.15) is 18.2 Å². The molecule has 0 saturated heterocycles. The molecule has 45 heavy (non-hydrogen) atoms. The minimum atomic E-state index is -1.09. The van der Waals surface area contributed by atoms with Crippen LogP contribution in [0.15, 0.2) is 48.8 Å². The maximum Gasteiger partial charge on any atom is 0.139 e. The molecule has 3 N–H and O–H groups in total. The number of nitrogen functional groups attached to an aromatic ring is 1. The third-order valence-electron chi connectivity index (χ3n) is 7.50. The molecule has 0 radical (unpaired) electrons. The maximum absolute atomic E-state index is 6.33. The standard InChI is InChI=1S/C22H33ClN2O2Si.C12H12ClN3O/c1-22(2,3)19-14-25(15-26-11-12-28(4,5)6)24-21(19)18-13-16(23)7-10-20(18)27-17-8-9-17;13-7-1-4-11(17-8-2-3-8)9(5-7)12-10(14)6-15-16-12/h7,10,13-14,17H,8-9,11-12,15H2,1-6H3;1,4-6,8H,2-3,14H2,(H,15,16). The van der Waals surface area contributed by atoms with Gasteiger partial charge in [-0.15, -0.1) is 0 Å². The first-order valence-corrected chi connectivity index (χ1v) is 20.1. The van der Waals surface area contributed by atoms with Gasteiger partial charge in [0, 0.05) is 47.6 Å². The summed E-state index contributed by atoms with van der Waals surface area (Å²) < 4.78 is 19.8. The van der Waals surface area contributed by atoms with E-state index < -0.39 is 8.07 Å². The SMILES string of the molecule is CC(C)(C)c1cn(COCC[Si](C)(C)C)nc1-c1cc(Cl)ccc1OC1CC1.Nc1cn[nH]c1-c1cc(Cl)ccc1OC1CC1. The number of hydrogen-bond acceptors (Lipinski definition) is 6. The van der Waals surface area contributed by atoms with E-state index in [9.17, 15) is 0 Å². The van der Waals surface area contributed by atoms with E-state index in [2.05, 4.69) is 56.8 Å². The second kappa shape index (κ2) is 13.8. The molecule has 2 heterocycles. The monoisotopic (exact) mass is 669 g/mol. The van der Waals surface area contributed by atoms with Gasteiger partial charge in [-0.3, -0.25) is 5.10 Å². The first-order chi connectivity index (χ1) is 21.3. The van der Waals surface area contributed by atoms with Crippen molar-refractivity contribution in [3.63, 3.8) is 0 Å². The predicted molar refractivity (Wildman–Crippen MR) is 186 cm³/mol. The number of hydrogen-bond donors (Lipinski definition) is 2. The average Bonchev–Trinajstić information content (AvgIpc) is 3.87. The molecule has 2 fully saturated rings. The van der Waals surface area contributed by atoms with Crippen molar-refractivity contribution in [3.05, 3.63) is 64.4 Å². The van der Waals surface area contributed by atoms with Gasteiger partial charge >= 0.3 is 0 Å². The Hall–Kier alpha value is -2.98. The van der Waals surface area contributed by atoms with E-state index in [1.54, 1.807) is 6.20 Å². The molecule has 0 bridgehead atoms. The van der Waals surface area contributed by atoms with Crippen LogP contribution in [0.1, 0.15) is 52.0 Å². The van der Waals surface area contributed by atoms with Crippen LogP contribution in [0.5, 0.6) is 11.5 Å². The van der Waals surface area contributed by atoms with Crippen molar-refractivity contribution in [3.8, 4) is 34.0 Å². The number of aromatic nitrogens is 4. The number of ether oxygens (including phenoxy) is 3. The lowest BCUT2D eigenvalue weighted by Gasteiger charge is -2.19. The van der Waals surface area contributed by atoms with Gasteiger partial charge in [0.05, 0.1) is 35.5 Å². The molecule has 11 heteroatoms. The highest BCUT2D eigenvalue weighted by Crippen LogP contribution is 2.41. The molecule has 2 aliphatic carbocycles. The van der Waals surface area contributed by atoms with Crippen LogP contribution >= 0.6 is 23.2 Å². The number of H-pyrrole nitrogens is 1. The lowest BCUT2D eigenvalue weighted by molar-refractivity contribution is 0.0786. The molecule has 6 rings (SSSR count). The highest BCUT2D eigenvalue weighted by atomic mass is 35.5. The molecule has 0 aliphatic heterocycles. The molecular formula is C34H45Cl2N5O3Si. The van der Waals surface area contributed by atoms with Crippen molar-refractivity contribution in [1.29, 1.82) is 0 Å². The maximum atomic E-state index is 6.33. The summed E-state index contributed by atoms with van der Waals surface area (Å²) in [5, 5.41) is 13.0. The van der Waals surface area contributed by atoms with E-state index in [0.717, 1.165) is 72.3 Å². The van der Waals surface area contributed by atoms with Crippen LogP contribution in [0.3, 0.4) is 0 Å². The fourth-order valence-corrected chi connectivity index (χ4v) is 5.71. The Morgan fingerprint density at radius 1 is 0.933 bits per heavy atom. The summed E-state index contributed by atoms with van der Waals surface area (Å²) in [6, 6.07) is 12.5. The van der Waals surface area contributed by atoms with Crippen LogP contribution in [0.25, 0.3) is 22.5 Å². The van der Waals surface area contributed by atoms with E-state index in [1.807, 2.05) is 41.1 Å². The van der Waals surface area contributed by atoms with Gasteiger partial charge in [-0.05, 0) is 73.5 Å². The van der Waals surface area contributed by atoms with Crippen LogP contribution in [-0.2, 0) is 16.9 Å².